The Bertz CT molecular complexity index is 233. The number of esters is 1. The average Bonchev–Trinajstić information content (AvgIpc) is 2.14. The molecule has 0 heterocycles. The van der Waals surface area contributed by atoms with Crippen molar-refractivity contribution in [2.75, 3.05) is 5.88 Å². The fraction of sp³-hybridized carbons (Fsp3) is 0.667. The van der Waals surface area contributed by atoms with Gasteiger partial charge in [0.2, 0.25) is 0 Å². The molecule has 14 heavy (non-hydrogen) atoms. The quantitative estimate of drug-likeness (QED) is 0.291. The van der Waals surface area contributed by atoms with Gasteiger partial charge in [-0.3, -0.25) is 9.59 Å². The molecule has 0 N–H and O–H groups in total. The summed E-state index contributed by atoms with van der Waals surface area (Å²) in [5, 5.41) is 0. The lowest BCUT2D eigenvalue weighted by molar-refractivity contribution is -0.163. The first-order valence-corrected chi connectivity index (χ1v) is 4.78. The molecule has 0 aliphatic carbocycles. The highest BCUT2D eigenvalue weighted by Crippen LogP contribution is 2.21. The SMILES string of the molecule is CC[C@@](CCl)(OC(C)=O)C(=O)CC=O. The minimum atomic E-state index is -1.34. The van der Waals surface area contributed by atoms with Gasteiger partial charge < -0.3 is 9.53 Å². The summed E-state index contributed by atoms with van der Waals surface area (Å²) in [5.74, 6) is -1.16. The van der Waals surface area contributed by atoms with E-state index < -0.39 is 17.4 Å². The van der Waals surface area contributed by atoms with Gasteiger partial charge in [0.1, 0.15) is 6.29 Å². The Labute approximate surface area is 87.6 Å². The van der Waals surface area contributed by atoms with Crippen LogP contribution in [0.5, 0.6) is 0 Å². The van der Waals surface area contributed by atoms with Crippen LogP contribution in [-0.2, 0) is 19.1 Å². The molecule has 0 bridgehead atoms. The fourth-order valence-corrected chi connectivity index (χ4v) is 1.45. The number of carbonyl (C=O) groups is 3. The number of aldehydes is 1. The van der Waals surface area contributed by atoms with E-state index in [0.29, 0.717) is 6.29 Å². The van der Waals surface area contributed by atoms with Crippen LogP contribution in [0.25, 0.3) is 0 Å². The second kappa shape index (κ2) is 5.75. The van der Waals surface area contributed by atoms with Gasteiger partial charge in [-0.05, 0) is 6.42 Å². The zero-order valence-corrected chi connectivity index (χ0v) is 8.97. The lowest BCUT2D eigenvalue weighted by Gasteiger charge is -2.27. The van der Waals surface area contributed by atoms with Crippen molar-refractivity contribution in [1.29, 1.82) is 0 Å². The predicted molar refractivity (Wildman–Crippen MR) is 51.2 cm³/mol. The van der Waals surface area contributed by atoms with Crippen LogP contribution in [0.1, 0.15) is 26.7 Å². The van der Waals surface area contributed by atoms with E-state index >= 15 is 0 Å². The van der Waals surface area contributed by atoms with Crippen LogP contribution in [0.3, 0.4) is 0 Å². The van der Waals surface area contributed by atoms with Crippen molar-refractivity contribution in [3.63, 3.8) is 0 Å². The van der Waals surface area contributed by atoms with Crippen molar-refractivity contribution < 1.29 is 19.1 Å². The van der Waals surface area contributed by atoms with Gasteiger partial charge in [0, 0.05) is 6.92 Å². The fourth-order valence-electron chi connectivity index (χ4n) is 1.06. The third kappa shape index (κ3) is 3.10. The minimum absolute atomic E-state index is 0.129. The molecule has 0 fully saturated rings. The number of halogens is 1. The number of carbonyl (C=O) groups excluding carboxylic acids is 3. The topological polar surface area (TPSA) is 60.4 Å². The first-order valence-electron chi connectivity index (χ1n) is 4.25. The minimum Gasteiger partial charge on any atom is -0.450 e. The van der Waals surface area contributed by atoms with Crippen LogP contribution in [0.4, 0.5) is 0 Å². The van der Waals surface area contributed by atoms with Gasteiger partial charge in [-0.15, -0.1) is 11.6 Å². The molecule has 1 atom stereocenters. The number of ketones is 1. The Morgan fingerprint density at radius 2 is 2.07 bits per heavy atom. The second-order valence-corrected chi connectivity index (χ2v) is 3.14. The summed E-state index contributed by atoms with van der Waals surface area (Å²) in [6.45, 7) is 2.87. The predicted octanol–water partition coefficient (Wildman–Crippen LogP) is 1.10. The first kappa shape index (κ1) is 13.1. The molecule has 0 aromatic carbocycles. The lowest BCUT2D eigenvalue weighted by atomic mass is 9.95. The van der Waals surface area contributed by atoms with Crippen LogP contribution in [0.2, 0.25) is 0 Å². The number of rotatable bonds is 6. The molecule has 0 radical (unpaired) electrons. The highest BCUT2D eigenvalue weighted by Gasteiger charge is 2.38. The average molecular weight is 221 g/mol. The summed E-state index contributed by atoms with van der Waals surface area (Å²) in [6.07, 6.45) is 0.458. The molecule has 0 rings (SSSR count). The van der Waals surface area contributed by atoms with Gasteiger partial charge in [0.25, 0.3) is 0 Å². The van der Waals surface area contributed by atoms with Crippen molar-refractivity contribution in [1.82, 2.24) is 0 Å². The van der Waals surface area contributed by atoms with Crippen LogP contribution in [0.15, 0.2) is 0 Å². The monoisotopic (exact) mass is 220 g/mol. The molecule has 5 heteroatoms. The maximum absolute atomic E-state index is 11.5. The molecule has 0 aromatic heterocycles. The maximum atomic E-state index is 11.5. The van der Waals surface area contributed by atoms with Crippen molar-refractivity contribution in [3.05, 3.63) is 0 Å². The van der Waals surface area contributed by atoms with E-state index in [1.165, 1.54) is 6.92 Å². The van der Waals surface area contributed by atoms with E-state index in [9.17, 15) is 14.4 Å². The second-order valence-electron chi connectivity index (χ2n) is 2.87. The maximum Gasteiger partial charge on any atom is 0.303 e. The molecule has 0 spiro atoms. The van der Waals surface area contributed by atoms with E-state index in [-0.39, 0.29) is 18.7 Å². The standard InChI is InChI=1S/C9H13ClO4/c1-3-9(6-10,14-7(2)12)8(13)4-5-11/h5H,3-4,6H2,1-2H3/t9-/m0/s1. The van der Waals surface area contributed by atoms with Crippen LogP contribution >= 0.6 is 11.6 Å². The number of Topliss-reactive ketones (excluding diaryl/α,β-unsaturated/α-hetero) is 1. The van der Waals surface area contributed by atoms with Crippen LogP contribution < -0.4 is 0 Å². The summed E-state index contributed by atoms with van der Waals surface area (Å²) in [5.41, 5.74) is -1.34. The van der Waals surface area contributed by atoms with Gasteiger partial charge in [0.15, 0.2) is 11.4 Å². The zero-order chi connectivity index (χ0) is 11.2. The normalized spacial score (nSPS) is 14.2. The van der Waals surface area contributed by atoms with Gasteiger partial charge in [-0.2, -0.15) is 0 Å². The molecule has 0 unspecified atom stereocenters. The van der Waals surface area contributed by atoms with E-state index in [4.69, 9.17) is 16.3 Å². The number of ether oxygens (including phenoxy) is 1. The zero-order valence-electron chi connectivity index (χ0n) is 8.21. The molecule has 0 aromatic rings. The molecule has 0 amide bonds. The smallest absolute Gasteiger partial charge is 0.303 e. The molecule has 80 valence electrons. The number of hydrogen-bond acceptors (Lipinski definition) is 4. The lowest BCUT2D eigenvalue weighted by Crippen LogP contribution is -2.44. The van der Waals surface area contributed by atoms with E-state index in [0.717, 1.165) is 0 Å². The third-order valence-electron chi connectivity index (χ3n) is 1.90. The molecule has 0 saturated heterocycles. The number of alkyl halides is 1. The molecule has 0 aliphatic rings. The summed E-state index contributed by atoms with van der Waals surface area (Å²) in [7, 11) is 0. The summed E-state index contributed by atoms with van der Waals surface area (Å²) < 4.78 is 4.87. The van der Waals surface area contributed by atoms with Crippen molar-refractivity contribution in [2.45, 2.75) is 32.3 Å². The first-order chi connectivity index (χ1) is 6.52. The van der Waals surface area contributed by atoms with Crippen molar-refractivity contribution >= 4 is 29.6 Å². The molecular weight excluding hydrogens is 208 g/mol. The summed E-state index contributed by atoms with van der Waals surface area (Å²) in [4.78, 5) is 32.4. The van der Waals surface area contributed by atoms with Crippen molar-refractivity contribution in [3.8, 4) is 0 Å². The van der Waals surface area contributed by atoms with Crippen LogP contribution in [0, 0.1) is 0 Å². The Hall–Kier alpha value is -0.900. The summed E-state index contributed by atoms with van der Waals surface area (Å²) in [6, 6.07) is 0. The van der Waals surface area contributed by atoms with Gasteiger partial charge >= 0.3 is 5.97 Å². The third-order valence-corrected chi connectivity index (χ3v) is 2.33. The summed E-state index contributed by atoms with van der Waals surface area (Å²) >= 11 is 5.59. The molecular formula is C9H13ClO4. The Morgan fingerprint density at radius 3 is 2.36 bits per heavy atom. The van der Waals surface area contributed by atoms with E-state index in [1.807, 2.05) is 0 Å². The van der Waals surface area contributed by atoms with E-state index in [2.05, 4.69) is 0 Å². The largest absolute Gasteiger partial charge is 0.450 e. The molecule has 0 saturated carbocycles. The highest BCUT2D eigenvalue weighted by molar-refractivity contribution is 6.21. The molecule has 4 nitrogen and oxygen atoms in total. The number of hydrogen-bond donors (Lipinski definition) is 0. The Kier molecular flexibility index (Phi) is 5.38. The highest BCUT2D eigenvalue weighted by atomic mass is 35.5. The van der Waals surface area contributed by atoms with Gasteiger partial charge in [0.05, 0.1) is 12.3 Å². The van der Waals surface area contributed by atoms with Gasteiger partial charge in [-0.25, -0.2) is 0 Å². The van der Waals surface area contributed by atoms with E-state index in [1.54, 1.807) is 6.92 Å². The van der Waals surface area contributed by atoms with Crippen LogP contribution in [-0.4, -0.2) is 29.5 Å². The Balaban J connectivity index is 4.75. The van der Waals surface area contributed by atoms with Crippen molar-refractivity contribution in [2.24, 2.45) is 0 Å². The van der Waals surface area contributed by atoms with Gasteiger partial charge in [-0.1, -0.05) is 6.92 Å². The Morgan fingerprint density at radius 1 is 1.50 bits per heavy atom. The molecule has 0 aliphatic heterocycles.